The first-order valence-corrected chi connectivity index (χ1v) is 5.34. The van der Waals surface area contributed by atoms with Crippen LogP contribution in [0.5, 0.6) is 0 Å². The highest BCUT2D eigenvalue weighted by Crippen LogP contribution is 2.27. The minimum Gasteiger partial charge on any atom is -0.345 e. The molecule has 2 N–H and O–H groups in total. The molecule has 0 aromatic carbocycles. The summed E-state index contributed by atoms with van der Waals surface area (Å²) in [5, 5.41) is 0. The van der Waals surface area contributed by atoms with Crippen LogP contribution in [0.15, 0.2) is 0 Å². The number of nitrogens with zero attached hydrogens (tertiary/aromatic N) is 1. The highest BCUT2D eigenvalue weighted by Gasteiger charge is 2.31. The van der Waals surface area contributed by atoms with Crippen molar-refractivity contribution in [3.05, 3.63) is 0 Å². The zero-order chi connectivity index (χ0) is 12.3. The zero-order valence-electron chi connectivity index (χ0n) is 9.26. The van der Waals surface area contributed by atoms with Crippen LogP contribution >= 0.6 is 0 Å². The van der Waals surface area contributed by atoms with Gasteiger partial charge in [0.25, 0.3) is 0 Å². The van der Waals surface area contributed by atoms with E-state index in [0.717, 1.165) is 12.8 Å². The highest BCUT2D eigenvalue weighted by molar-refractivity contribution is 5.75. The van der Waals surface area contributed by atoms with Crippen LogP contribution in [0.25, 0.3) is 0 Å². The Morgan fingerprint density at radius 3 is 2.44 bits per heavy atom. The summed E-state index contributed by atoms with van der Waals surface area (Å²) in [5.74, 6) is -0.0902. The first kappa shape index (κ1) is 13.3. The van der Waals surface area contributed by atoms with Crippen molar-refractivity contribution in [2.24, 2.45) is 11.7 Å². The van der Waals surface area contributed by atoms with Crippen molar-refractivity contribution in [1.82, 2.24) is 4.90 Å². The number of amides is 1. The molecule has 0 atom stereocenters. The van der Waals surface area contributed by atoms with Gasteiger partial charge in [-0.3, -0.25) is 4.79 Å². The number of hydrogen-bond donors (Lipinski definition) is 1. The van der Waals surface area contributed by atoms with E-state index in [-0.39, 0.29) is 6.04 Å². The Morgan fingerprint density at radius 1 is 1.44 bits per heavy atom. The second-order valence-corrected chi connectivity index (χ2v) is 4.49. The van der Waals surface area contributed by atoms with Gasteiger partial charge in [-0.25, -0.2) is 0 Å². The van der Waals surface area contributed by atoms with Crippen molar-refractivity contribution in [2.45, 2.75) is 37.9 Å². The van der Waals surface area contributed by atoms with Crippen LogP contribution in [-0.2, 0) is 4.79 Å². The molecule has 0 heterocycles. The van der Waals surface area contributed by atoms with Gasteiger partial charge in [-0.05, 0) is 18.8 Å². The molecular formula is C10H17F3N2O. The molecular weight excluding hydrogens is 221 g/mol. The third-order valence-corrected chi connectivity index (χ3v) is 2.85. The van der Waals surface area contributed by atoms with E-state index in [9.17, 15) is 18.0 Å². The summed E-state index contributed by atoms with van der Waals surface area (Å²) < 4.78 is 35.6. The third kappa shape index (κ3) is 4.38. The van der Waals surface area contributed by atoms with Gasteiger partial charge in [-0.1, -0.05) is 0 Å². The molecule has 0 unspecified atom stereocenters. The average Bonchev–Trinajstić information content (AvgIpc) is 2.10. The Labute approximate surface area is 92.8 Å². The standard InChI is InChI=1S/C10H17F3N2O/c1-15(6-7-4-8(14)5-7)9(16)2-3-10(11,12)13/h7-8H,2-6,14H2,1H3. The van der Waals surface area contributed by atoms with Crippen molar-refractivity contribution in [3.63, 3.8) is 0 Å². The van der Waals surface area contributed by atoms with E-state index in [1.807, 2.05) is 0 Å². The summed E-state index contributed by atoms with van der Waals surface area (Å²) in [5.41, 5.74) is 5.58. The summed E-state index contributed by atoms with van der Waals surface area (Å²) in [6.07, 6.45) is -4.04. The van der Waals surface area contributed by atoms with Crippen LogP contribution in [-0.4, -0.2) is 36.6 Å². The zero-order valence-corrected chi connectivity index (χ0v) is 9.26. The molecule has 0 spiro atoms. The lowest BCUT2D eigenvalue weighted by molar-refractivity contribution is -0.148. The number of halogens is 3. The molecule has 0 aliphatic heterocycles. The number of alkyl halides is 3. The SMILES string of the molecule is CN(CC1CC(N)C1)C(=O)CCC(F)(F)F. The van der Waals surface area contributed by atoms with Gasteiger partial charge in [-0.15, -0.1) is 0 Å². The fourth-order valence-electron chi connectivity index (χ4n) is 1.86. The fourth-order valence-corrected chi connectivity index (χ4v) is 1.86. The van der Waals surface area contributed by atoms with E-state index < -0.39 is 24.9 Å². The summed E-state index contributed by atoms with van der Waals surface area (Å²) in [6.45, 7) is 0.518. The van der Waals surface area contributed by atoms with Crippen LogP contribution < -0.4 is 5.73 Å². The number of carbonyl (C=O) groups excluding carboxylic acids is 1. The molecule has 16 heavy (non-hydrogen) atoms. The maximum Gasteiger partial charge on any atom is 0.389 e. The first-order valence-electron chi connectivity index (χ1n) is 5.34. The van der Waals surface area contributed by atoms with Gasteiger partial charge in [0.1, 0.15) is 0 Å². The van der Waals surface area contributed by atoms with Crippen LogP contribution in [0, 0.1) is 5.92 Å². The van der Waals surface area contributed by atoms with Gasteiger partial charge in [-0.2, -0.15) is 13.2 Å². The molecule has 0 aromatic heterocycles. The van der Waals surface area contributed by atoms with Gasteiger partial charge in [0.2, 0.25) is 5.91 Å². The van der Waals surface area contributed by atoms with Crippen molar-refractivity contribution >= 4 is 5.91 Å². The van der Waals surface area contributed by atoms with E-state index in [2.05, 4.69) is 0 Å². The number of carbonyl (C=O) groups is 1. The van der Waals surface area contributed by atoms with Crippen molar-refractivity contribution in [3.8, 4) is 0 Å². The second kappa shape index (κ2) is 5.03. The van der Waals surface area contributed by atoms with E-state index >= 15 is 0 Å². The largest absolute Gasteiger partial charge is 0.389 e. The van der Waals surface area contributed by atoms with Crippen molar-refractivity contribution < 1.29 is 18.0 Å². The lowest BCUT2D eigenvalue weighted by Crippen LogP contribution is -2.43. The maximum atomic E-state index is 11.9. The van der Waals surface area contributed by atoms with Crippen molar-refractivity contribution in [1.29, 1.82) is 0 Å². The van der Waals surface area contributed by atoms with Crippen LogP contribution in [0.1, 0.15) is 25.7 Å². The van der Waals surface area contributed by atoms with Crippen molar-refractivity contribution in [2.75, 3.05) is 13.6 Å². The fraction of sp³-hybridized carbons (Fsp3) is 0.900. The molecule has 1 rings (SSSR count). The number of nitrogens with two attached hydrogens (primary N) is 1. The predicted octanol–water partition coefficient (Wildman–Crippen LogP) is 1.52. The minimum absolute atomic E-state index is 0.198. The first-order chi connectivity index (χ1) is 7.28. The van der Waals surface area contributed by atoms with E-state index in [4.69, 9.17) is 5.73 Å². The average molecular weight is 238 g/mol. The van der Waals surface area contributed by atoms with Gasteiger partial charge in [0.15, 0.2) is 0 Å². The summed E-state index contributed by atoms with van der Waals surface area (Å²) in [6, 6.07) is 0.198. The van der Waals surface area contributed by atoms with Crippen LogP contribution in [0.4, 0.5) is 13.2 Å². The number of hydrogen-bond acceptors (Lipinski definition) is 2. The summed E-state index contributed by atoms with van der Waals surface area (Å²) >= 11 is 0. The Kier molecular flexibility index (Phi) is 4.18. The number of rotatable bonds is 4. The third-order valence-electron chi connectivity index (χ3n) is 2.85. The van der Waals surface area contributed by atoms with E-state index in [0.29, 0.717) is 12.5 Å². The van der Waals surface area contributed by atoms with Crippen LogP contribution in [0.3, 0.4) is 0 Å². The molecule has 94 valence electrons. The minimum atomic E-state index is -4.25. The lowest BCUT2D eigenvalue weighted by Gasteiger charge is -2.35. The molecule has 0 bridgehead atoms. The predicted molar refractivity (Wildman–Crippen MR) is 53.6 cm³/mol. The Hall–Kier alpha value is -0.780. The molecule has 6 heteroatoms. The molecule has 0 aromatic rings. The normalized spacial score (nSPS) is 25.1. The molecule has 1 amide bonds. The van der Waals surface area contributed by atoms with Gasteiger partial charge in [0, 0.05) is 26.1 Å². The molecule has 0 radical (unpaired) electrons. The molecule has 3 nitrogen and oxygen atoms in total. The molecule has 1 saturated carbocycles. The summed E-state index contributed by atoms with van der Waals surface area (Å²) in [4.78, 5) is 12.7. The molecule has 1 aliphatic carbocycles. The Morgan fingerprint density at radius 2 is 2.00 bits per heavy atom. The quantitative estimate of drug-likeness (QED) is 0.807. The Balaban J connectivity index is 2.20. The molecule has 0 saturated heterocycles. The monoisotopic (exact) mass is 238 g/mol. The van der Waals surface area contributed by atoms with Gasteiger partial charge in [0.05, 0.1) is 6.42 Å². The van der Waals surface area contributed by atoms with E-state index in [1.165, 1.54) is 4.90 Å². The smallest absolute Gasteiger partial charge is 0.345 e. The topological polar surface area (TPSA) is 46.3 Å². The molecule has 1 aliphatic rings. The van der Waals surface area contributed by atoms with Gasteiger partial charge >= 0.3 is 6.18 Å². The van der Waals surface area contributed by atoms with Crippen LogP contribution in [0.2, 0.25) is 0 Å². The Bertz CT molecular complexity index is 249. The molecule has 1 fully saturated rings. The second-order valence-electron chi connectivity index (χ2n) is 4.49. The van der Waals surface area contributed by atoms with Gasteiger partial charge < -0.3 is 10.6 Å². The summed E-state index contributed by atoms with van der Waals surface area (Å²) in [7, 11) is 1.54. The lowest BCUT2D eigenvalue weighted by atomic mass is 9.80. The highest BCUT2D eigenvalue weighted by atomic mass is 19.4. The van der Waals surface area contributed by atoms with E-state index in [1.54, 1.807) is 7.05 Å². The maximum absolute atomic E-state index is 11.9.